The van der Waals surface area contributed by atoms with Gasteiger partial charge in [-0.15, -0.1) is 0 Å². The van der Waals surface area contributed by atoms with E-state index < -0.39 is 5.97 Å². The van der Waals surface area contributed by atoms with Crippen molar-refractivity contribution in [2.45, 2.75) is 13.3 Å². The molecule has 0 aromatic heterocycles. The predicted molar refractivity (Wildman–Crippen MR) is 105 cm³/mol. The van der Waals surface area contributed by atoms with Crippen LogP contribution in [0.15, 0.2) is 48.5 Å². The predicted octanol–water partition coefficient (Wildman–Crippen LogP) is 2.51. The molecule has 0 aliphatic carbocycles. The number of rotatable bonds is 8. The number of esters is 1. The van der Waals surface area contributed by atoms with Crippen LogP contribution in [-0.2, 0) is 20.7 Å². The van der Waals surface area contributed by atoms with Gasteiger partial charge in [-0.25, -0.2) is 4.79 Å². The number of carbonyl (C=O) groups is 3. The van der Waals surface area contributed by atoms with Crippen LogP contribution in [0.25, 0.3) is 0 Å². The molecule has 2 aromatic carbocycles. The Kier molecular flexibility index (Phi) is 7.56. The standard InChI is InChI=1S/C21H24N2O5/c1-4-15-7-5-6-8-18(15)22-19(24)13-23(2)20(25)14-28-17-11-9-16(10-12-17)21(26)27-3/h5-12H,4,13-14H2,1-3H3,(H,22,24). The van der Waals surface area contributed by atoms with Gasteiger partial charge in [0, 0.05) is 12.7 Å². The molecule has 2 rings (SSSR count). The topological polar surface area (TPSA) is 84.9 Å². The largest absolute Gasteiger partial charge is 0.484 e. The number of aryl methyl sites for hydroxylation is 1. The van der Waals surface area contributed by atoms with Gasteiger partial charge in [0.05, 0.1) is 19.2 Å². The van der Waals surface area contributed by atoms with E-state index in [9.17, 15) is 14.4 Å². The maximum Gasteiger partial charge on any atom is 0.337 e. The second-order valence-electron chi connectivity index (χ2n) is 6.11. The van der Waals surface area contributed by atoms with Crippen LogP contribution in [0, 0.1) is 0 Å². The number of para-hydroxylation sites is 1. The van der Waals surface area contributed by atoms with E-state index in [0.717, 1.165) is 17.7 Å². The molecule has 0 fully saturated rings. The summed E-state index contributed by atoms with van der Waals surface area (Å²) in [7, 11) is 2.84. The third kappa shape index (κ3) is 5.84. The highest BCUT2D eigenvalue weighted by molar-refractivity contribution is 5.95. The van der Waals surface area contributed by atoms with Crippen molar-refractivity contribution in [3.8, 4) is 5.75 Å². The van der Waals surface area contributed by atoms with Crippen molar-refractivity contribution in [1.82, 2.24) is 4.90 Å². The minimum atomic E-state index is -0.446. The summed E-state index contributed by atoms with van der Waals surface area (Å²) in [5, 5.41) is 2.83. The molecule has 148 valence electrons. The lowest BCUT2D eigenvalue weighted by molar-refractivity contribution is -0.135. The molecule has 0 heterocycles. The molecular formula is C21H24N2O5. The van der Waals surface area contributed by atoms with Crippen LogP contribution in [0.3, 0.4) is 0 Å². The van der Waals surface area contributed by atoms with E-state index >= 15 is 0 Å². The van der Waals surface area contributed by atoms with Crippen molar-refractivity contribution < 1.29 is 23.9 Å². The summed E-state index contributed by atoms with van der Waals surface area (Å²) in [6, 6.07) is 13.8. The van der Waals surface area contributed by atoms with E-state index in [1.165, 1.54) is 19.1 Å². The van der Waals surface area contributed by atoms with Gasteiger partial charge in [0.15, 0.2) is 6.61 Å². The zero-order valence-corrected chi connectivity index (χ0v) is 16.2. The Morgan fingerprint density at radius 2 is 1.71 bits per heavy atom. The fourth-order valence-corrected chi connectivity index (χ4v) is 2.50. The molecule has 1 N–H and O–H groups in total. The van der Waals surface area contributed by atoms with E-state index in [0.29, 0.717) is 11.3 Å². The van der Waals surface area contributed by atoms with Crippen molar-refractivity contribution in [3.05, 3.63) is 59.7 Å². The van der Waals surface area contributed by atoms with Gasteiger partial charge in [-0.3, -0.25) is 9.59 Å². The van der Waals surface area contributed by atoms with Crippen LogP contribution in [-0.4, -0.2) is 50.0 Å². The molecule has 0 bridgehead atoms. The molecule has 2 amide bonds. The van der Waals surface area contributed by atoms with Crippen LogP contribution in [0.4, 0.5) is 5.69 Å². The number of benzene rings is 2. The highest BCUT2D eigenvalue weighted by atomic mass is 16.5. The summed E-state index contributed by atoms with van der Waals surface area (Å²) >= 11 is 0. The van der Waals surface area contributed by atoms with Crippen LogP contribution in [0.2, 0.25) is 0 Å². The van der Waals surface area contributed by atoms with Crippen molar-refractivity contribution in [1.29, 1.82) is 0 Å². The molecule has 0 radical (unpaired) electrons. The number of hydrogen-bond donors (Lipinski definition) is 1. The van der Waals surface area contributed by atoms with Crippen molar-refractivity contribution in [2.75, 3.05) is 32.6 Å². The number of likely N-dealkylation sites (N-methyl/N-ethyl adjacent to an activating group) is 1. The molecule has 0 unspecified atom stereocenters. The third-order valence-corrected chi connectivity index (χ3v) is 4.12. The normalized spacial score (nSPS) is 10.1. The van der Waals surface area contributed by atoms with Crippen LogP contribution >= 0.6 is 0 Å². The first-order chi connectivity index (χ1) is 13.4. The molecule has 0 spiro atoms. The number of hydrogen-bond acceptors (Lipinski definition) is 5. The zero-order valence-electron chi connectivity index (χ0n) is 16.2. The Morgan fingerprint density at radius 1 is 1.04 bits per heavy atom. The SMILES string of the molecule is CCc1ccccc1NC(=O)CN(C)C(=O)COc1ccc(C(=O)OC)cc1. The molecule has 7 heteroatoms. The number of carbonyl (C=O) groups excluding carboxylic acids is 3. The molecule has 0 saturated heterocycles. The van der Waals surface area contributed by atoms with Gasteiger partial charge in [0.1, 0.15) is 5.75 Å². The summed E-state index contributed by atoms with van der Waals surface area (Å²) in [5.41, 5.74) is 2.17. The number of anilines is 1. The molecule has 28 heavy (non-hydrogen) atoms. The summed E-state index contributed by atoms with van der Waals surface area (Å²) in [5.74, 6) is -0.621. The average molecular weight is 384 g/mol. The average Bonchev–Trinajstić information content (AvgIpc) is 2.72. The molecular weight excluding hydrogens is 360 g/mol. The maximum atomic E-state index is 12.2. The van der Waals surface area contributed by atoms with Gasteiger partial charge in [0.25, 0.3) is 5.91 Å². The highest BCUT2D eigenvalue weighted by Gasteiger charge is 2.15. The van der Waals surface area contributed by atoms with Gasteiger partial charge >= 0.3 is 5.97 Å². The Labute approximate surface area is 164 Å². The molecule has 0 atom stereocenters. The minimum absolute atomic E-state index is 0.0818. The van der Waals surface area contributed by atoms with E-state index in [1.54, 1.807) is 24.3 Å². The number of nitrogens with zero attached hydrogens (tertiary/aromatic N) is 1. The smallest absolute Gasteiger partial charge is 0.337 e. The van der Waals surface area contributed by atoms with Crippen molar-refractivity contribution in [2.24, 2.45) is 0 Å². The second-order valence-corrected chi connectivity index (χ2v) is 6.11. The molecule has 0 aliphatic heterocycles. The number of amides is 2. The Hall–Kier alpha value is -3.35. The van der Waals surface area contributed by atoms with Gasteiger partial charge in [-0.1, -0.05) is 25.1 Å². The fourth-order valence-electron chi connectivity index (χ4n) is 2.50. The quantitative estimate of drug-likeness (QED) is 0.707. The Morgan fingerprint density at radius 3 is 2.36 bits per heavy atom. The second kappa shape index (κ2) is 10.1. The monoisotopic (exact) mass is 384 g/mol. The van der Waals surface area contributed by atoms with E-state index in [2.05, 4.69) is 10.1 Å². The lowest BCUT2D eigenvalue weighted by Crippen LogP contribution is -2.37. The number of nitrogens with one attached hydrogen (secondary N) is 1. The first-order valence-electron chi connectivity index (χ1n) is 8.87. The summed E-state index contributed by atoms with van der Waals surface area (Å²) < 4.78 is 10.0. The van der Waals surface area contributed by atoms with Gasteiger partial charge in [0.2, 0.25) is 5.91 Å². The first-order valence-corrected chi connectivity index (χ1v) is 8.87. The van der Waals surface area contributed by atoms with Gasteiger partial charge < -0.3 is 19.7 Å². The Bertz CT molecular complexity index is 833. The fraction of sp³-hybridized carbons (Fsp3) is 0.286. The van der Waals surface area contributed by atoms with Gasteiger partial charge in [-0.2, -0.15) is 0 Å². The number of ether oxygens (including phenoxy) is 2. The molecule has 0 saturated carbocycles. The van der Waals surface area contributed by atoms with Crippen molar-refractivity contribution in [3.63, 3.8) is 0 Å². The van der Waals surface area contributed by atoms with Crippen LogP contribution < -0.4 is 10.1 Å². The maximum absolute atomic E-state index is 12.2. The minimum Gasteiger partial charge on any atom is -0.484 e. The van der Waals surface area contributed by atoms with E-state index in [1.807, 2.05) is 31.2 Å². The van der Waals surface area contributed by atoms with E-state index in [-0.39, 0.29) is 25.0 Å². The highest BCUT2D eigenvalue weighted by Crippen LogP contribution is 2.15. The van der Waals surface area contributed by atoms with Crippen LogP contribution in [0.1, 0.15) is 22.8 Å². The van der Waals surface area contributed by atoms with Crippen LogP contribution in [0.5, 0.6) is 5.75 Å². The van der Waals surface area contributed by atoms with Crippen molar-refractivity contribution >= 4 is 23.5 Å². The lowest BCUT2D eigenvalue weighted by Gasteiger charge is -2.18. The number of methoxy groups -OCH3 is 1. The lowest BCUT2D eigenvalue weighted by atomic mass is 10.1. The Balaban J connectivity index is 1.83. The zero-order chi connectivity index (χ0) is 20.5. The van der Waals surface area contributed by atoms with Gasteiger partial charge in [-0.05, 0) is 42.3 Å². The molecule has 0 aliphatic rings. The first kappa shape index (κ1) is 21.0. The van der Waals surface area contributed by atoms with E-state index in [4.69, 9.17) is 4.74 Å². The summed E-state index contributed by atoms with van der Waals surface area (Å²) in [6.45, 7) is 1.71. The summed E-state index contributed by atoms with van der Waals surface area (Å²) in [4.78, 5) is 37.1. The molecule has 7 nitrogen and oxygen atoms in total. The summed E-state index contributed by atoms with van der Waals surface area (Å²) in [6.07, 6.45) is 0.799. The third-order valence-electron chi connectivity index (χ3n) is 4.12. The molecule has 2 aromatic rings.